The zero-order valence-electron chi connectivity index (χ0n) is 15.9. The number of nitrogens with zero attached hydrogens (tertiary/aromatic N) is 4. The van der Waals surface area contributed by atoms with Gasteiger partial charge in [-0.3, -0.25) is 4.79 Å². The third-order valence-corrected chi connectivity index (χ3v) is 5.65. The lowest BCUT2D eigenvalue weighted by Gasteiger charge is -2.09. The van der Waals surface area contributed by atoms with Crippen molar-refractivity contribution in [3.05, 3.63) is 63.9 Å². The minimum atomic E-state index is -0.320. The number of fused-ring (bicyclic) bond motifs is 1. The number of anilines is 1. The van der Waals surface area contributed by atoms with Crippen LogP contribution in [0.15, 0.2) is 42.5 Å². The molecule has 0 saturated carbocycles. The van der Waals surface area contributed by atoms with E-state index in [1.165, 1.54) is 24.5 Å². The molecule has 0 fully saturated rings. The Morgan fingerprint density at radius 1 is 1.23 bits per heavy atom. The predicted octanol–water partition coefficient (Wildman–Crippen LogP) is 5.13. The van der Waals surface area contributed by atoms with E-state index in [0.717, 1.165) is 10.6 Å². The molecular weight excluding hydrogens is 445 g/mol. The average Bonchev–Trinajstić information content (AvgIpc) is 3.28. The van der Waals surface area contributed by atoms with E-state index in [9.17, 15) is 4.79 Å². The van der Waals surface area contributed by atoms with Gasteiger partial charge in [0.15, 0.2) is 5.82 Å². The SMILES string of the molecule is COc1c(Cl)cc(Cl)cc1/C=C/C(=O)Nc1ccccc1-c1nn2c(C)nnc2s1. The van der Waals surface area contributed by atoms with Crippen molar-refractivity contribution in [2.24, 2.45) is 0 Å². The summed E-state index contributed by atoms with van der Waals surface area (Å²) in [7, 11) is 1.50. The molecule has 1 N–H and O–H groups in total. The molecule has 0 saturated heterocycles. The maximum absolute atomic E-state index is 12.6. The normalized spacial score (nSPS) is 11.3. The second kappa shape index (κ2) is 8.43. The van der Waals surface area contributed by atoms with Gasteiger partial charge in [0.05, 0.1) is 17.8 Å². The summed E-state index contributed by atoms with van der Waals surface area (Å²) in [6.07, 6.45) is 2.99. The van der Waals surface area contributed by atoms with Crippen molar-refractivity contribution in [1.82, 2.24) is 19.8 Å². The number of rotatable bonds is 5. The van der Waals surface area contributed by atoms with Crippen LogP contribution in [0.25, 0.3) is 21.6 Å². The van der Waals surface area contributed by atoms with Crippen LogP contribution in [0.3, 0.4) is 0 Å². The zero-order chi connectivity index (χ0) is 21.3. The van der Waals surface area contributed by atoms with Crippen LogP contribution < -0.4 is 10.1 Å². The first-order valence-electron chi connectivity index (χ1n) is 8.76. The fourth-order valence-electron chi connectivity index (χ4n) is 2.86. The number of methoxy groups -OCH3 is 1. The van der Waals surface area contributed by atoms with E-state index < -0.39 is 0 Å². The number of aryl methyl sites for hydroxylation is 1. The first-order valence-corrected chi connectivity index (χ1v) is 10.3. The summed E-state index contributed by atoms with van der Waals surface area (Å²) in [4.78, 5) is 13.3. The van der Waals surface area contributed by atoms with Gasteiger partial charge in [-0.25, -0.2) is 0 Å². The van der Waals surface area contributed by atoms with Crippen molar-refractivity contribution in [3.8, 4) is 16.3 Å². The van der Waals surface area contributed by atoms with Crippen molar-refractivity contribution < 1.29 is 9.53 Å². The van der Waals surface area contributed by atoms with E-state index in [1.54, 1.807) is 22.7 Å². The van der Waals surface area contributed by atoms with Crippen molar-refractivity contribution in [1.29, 1.82) is 0 Å². The maximum atomic E-state index is 12.6. The summed E-state index contributed by atoms with van der Waals surface area (Å²) in [5.41, 5.74) is 2.02. The highest BCUT2D eigenvalue weighted by molar-refractivity contribution is 7.19. The van der Waals surface area contributed by atoms with Crippen LogP contribution in [0.5, 0.6) is 5.75 Å². The summed E-state index contributed by atoms with van der Waals surface area (Å²) >= 11 is 13.6. The Morgan fingerprint density at radius 2 is 2.03 bits per heavy atom. The highest BCUT2D eigenvalue weighted by Gasteiger charge is 2.14. The Bertz CT molecular complexity index is 1280. The van der Waals surface area contributed by atoms with E-state index in [4.69, 9.17) is 27.9 Å². The van der Waals surface area contributed by atoms with Crippen LogP contribution in [0, 0.1) is 6.92 Å². The Hall–Kier alpha value is -2.94. The molecule has 0 aliphatic rings. The van der Waals surface area contributed by atoms with E-state index in [1.807, 2.05) is 31.2 Å². The Labute approximate surface area is 185 Å². The van der Waals surface area contributed by atoms with Crippen molar-refractivity contribution in [2.75, 3.05) is 12.4 Å². The van der Waals surface area contributed by atoms with Crippen LogP contribution in [-0.2, 0) is 4.79 Å². The molecule has 7 nitrogen and oxygen atoms in total. The predicted molar refractivity (Wildman–Crippen MR) is 120 cm³/mol. The molecule has 0 bridgehead atoms. The van der Waals surface area contributed by atoms with Gasteiger partial charge in [0.1, 0.15) is 10.8 Å². The molecule has 4 rings (SSSR count). The molecule has 152 valence electrons. The van der Waals surface area contributed by atoms with Crippen molar-refractivity contribution >= 4 is 57.2 Å². The van der Waals surface area contributed by atoms with Gasteiger partial charge in [-0.2, -0.15) is 9.61 Å². The maximum Gasteiger partial charge on any atom is 0.248 e. The minimum absolute atomic E-state index is 0.320. The molecule has 2 heterocycles. The smallest absolute Gasteiger partial charge is 0.248 e. The van der Waals surface area contributed by atoms with E-state index >= 15 is 0 Å². The van der Waals surface area contributed by atoms with Crippen LogP contribution >= 0.6 is 34.5 Å². The fraction of sp³-hybridized carbons (Fsp3) is 0.100. The molecule has 0 aliphatic carbocycles. The number of halogens is 2. The van der Waals surface area contributed by atoms with E-state index in [0.29, 0.717) is 37.8 Å². The summed E-state index contributed by atoms with van der Waals surface area (Å²) in [5.74, 6) is 0.825. The molecule has 0 unspecified atom stereocenters. The van der Waals surface area contributed by atoms with Crippen LogP contribution in [-0.4, -0.2) is 32.8 Å². The number of amides is 1. The molecule has 10 heteroatoms. The number of ether oxygens (including phenoxy) is 1. The largest absolute Gasteiger partial charge is 0.495 e. The van der Waals surface area contributed by atoms with E-state index in [2.05, 4.69) is 20.6 Å². The number of carbonyl (C=O) groups is 1. The minimum Gasteiger partial charge on any atom is -0.495 e. The first kappa shape index (κ1) is 20.3. The van der Waals surface area contributed by atoms with Gasteiger partial charge in [0.25, 0.3) is 0 Å². The number of carbonyl (C=O) groups excluding carboxylic acids is 1. The quantitative estimate of drug-likeness (QED) is 0.418. The molecule has 0 spiro atoms. The standard InChI is InChI=1S/C20H15Cl2N5O2S/c1-11-24-25-20-27(11)26-19(30-20)14-5-3-4-6-16(14)23-17(28)8-7-12-9-13(21)10-15(22)18(12)29-2/h3-10H,1-2H3,(H,23,28)/b8-7+. The van der Waals surface area contributed by atoms with Crippen LogP contribution in [0.1, 0.15) is 11.4 Å². The van der Waals surface area contributed by atoms with Gasteiger partial charge < -0.3 is 10.1 Å². The van der Waals surface area contributed by atoms with Gasteiger partial charge in [0.2, 0.25) is 10.9 Å². The van der Waals surface area contributed by atoms with E-state index in [-0.39, 0.29) is 5.91 Å². The lowest BCUT2D eigenvalue weighted by atomic mass is 10.1. The second-order valence-corrected chi connectivity index (χ2v) is 8.03. The van der Waals surface area contributed by atoms with Gasteiger partial charge in [-0.05, 0) is 37.3 Å². The third kappa shape index (κ3) is 4.02. The van der Waals surface area contributed by atoms with Gasteiger partial charge in [-0.15, -0.1) is 10.2 Å². The number of para-hydroxylation sites is 1. The summed E-state index contributed by atoms with van der Waals surface area (Å²) in [6.45, 7) is 1.83. The lowest BCUT2D eigenvalue weighted by molar-refractivity contribution is -0.111. The number of hydrogen-bond donors (Lipinski definition) is 1. The fourth-order valence-corrected chi connectivity index (χ4v) is 4.37. The summed E-state index contributed by atoms with van der Waals surface area (Å²) < 4.78 is 6.97. The third-order valence-electron chi connectivity index (χ3n) is 4.22. The highest BCUT2D eigenvalue weighted by Crippen LogP contribution is 2.34. The molecule has 0 radical (unpaired) electrons. The van der Waals surface area contributed by atoms with Crippen LogP contribution in [0.2, 0.25) is 10.0 Å². The van der Waals surface area contributed by atoms with Gasteiger partial charge in [0, 0.05) is 22.2 Å². The van der Waals surface area contributed by atoms with Crippen molar-refractivity contribution in [3.63, 3.8) is 0 Å². The van der Waals surface area contributed by atoms with Crippen LogP contribution in [0.4, 0.5) is 5.69 Å². The highest BCUT2D eigenvalue weighted by atomic mass is 35.5. The number of nitrogens with one attached hydrogen (secondary N) is 1. The summed E-state index contributed by atoms with van der Waals surface area (Å²) in [5, 5.41) is 17.1. The Kier molecular flexibility index (Phi) is 5.72. The second-order valence-electron chi connectivity index (χ2n) is 6.23. The molecule has 0 aliphatic heterocycles. The molecule has 0 atom stereocenters. The molecule has 4 aromatic rings. The molecule has 2 aromatic carbocycles. The van der Waals surface area contributed by atoms with Gasteiger partial charge in [-0.1, -0.05) is 46.7 Å². The number of hydrogen-bond acceptors (Lipinski definition) is 6. The van der Waals surface area contributed by atoms with Gasteiger partial charge >= 0.3 is 0 Å². The summed E-state index contributed by atoms with van der Waals surface area (Å²) in [6, 6.07) is 10.7. The Morgan fingerprint density at radius 3 is 2.80 bits per heavy atom. The number of benzene rings is 2. The topological polar surface area (TPSA) is 81.4 Å². The average molecular weight is 460 g/mol. The molecular formula is C20H15Cl2N5O2S. The molecule has 2 aromatic heterocycles. The molecule has 30 heavy (non-hydrogen) atoms. The molecule has 1 amide bonds. The number of aromatic nitrogens is 4. The lowest BCUT2D eigenvalue weighted by Crippen LogP contribution is -2.08. The monoisotopic (exact) mass is 459 g/mol. The first-order chi connectivity index (χ1) is 14.5. The Balaban J connectivity index is 1.60. The van der Waals surface area contributed by atoms with Crippen molar-refractivity contribution in [2.45, 2.75) is 6.92 Å². The zero-order valence-corrected chi connectivity index (χ0v) is 18.2.